The molecule has 7 heteroatoms. The zero-order chi connectivity index (χ0) is 13.9. The number of hydrogen-bond donors (Lipinski definition) is 0. The maximum absolute atomic E-state index is 12.5. The van der Waals surface area contributed by atoms with E-state index in [-0.39, 0.29) is 0 Å². The zero-order valence-corrected chi connectivity index (χ0v) is 13.6. The first kappa shape index (κ1) is 15.0. The van der Waals surface area contributed by atoms with Crippen LogP contribution in [-0.4, -0.2) is 19.3 Å². The maximum atomic E-state index is 12.5. The number of rotatable bonds is 6. The molecule has 0 N–H and O–H groups in total. The minimum absolute atomic E-state index is 0.339. The number of alkyl halides is 1. The van der Waals surface area contributed by atoms with Gasteiger partial charge in [-0.15, -0.1) is 34.3 Å². The number of nitrogens with zero attached hydrogens (tertiary/aromatic N) is 1. The van der Waals surface area contributed by atoms with Crippen molar-refractivity contribution in [3.63, 3.8) is 0 Å². The van der Waals surface area contributed by atoms with Crippen LogP contribution in [0.4, 0.5) is 0 Å². The summed E-state index contributed by atoms with van der Waals surface area (Å²) in [5.74, 6) is 0.344. The number of hydrogen-bond acceptors (Lipinski definition) is 4. The van der Waals surface area contributed by atoms with Crippen molar-refractivity contribution >= 4 is 44.3 Å². The molecule has 2 rings (SSSR count). The molecule has 0 unspecified atom stereocenters. The predicted octanol–water partition coefficient (Wildman–Crippen LogP) is 3.76. The number of thiophene rings is 2. The molecule has 2 aromatic rings. The third-order valence-electron chi connectivity index (χ3n) is 2.66. The quantitative estimate of drug-likeness (QED) is 0.754. The lowest BCUT2D eigenvalue weighted by Gasteiger charge is -2.18. The fraction of sp³-hybridized carbons (Fsp3) is 0.333. The highest BCUT2D eigenvalue weighted by atomic mass is 35.5. The monoisotopic (exact) mass is 335 g/mol. The Labute approximate surface area is 126 Å². The highest BCUT2D eigenvalue weighted by Crippen LogP contribution is 2.25. The Bertz CT molecular complexity index is 619. The highest BCUT2D eigenvalue weighted by molar-refractivity contribution is 7.89. The van der Waals surface area contributed by atoms with Crippen LogP contribution in [0.5, 0.6) is 0 Å². The molecule has 0 saturated heterocycles. The summed E-state index contributed by atoms with van der Waals surface area (Å²) in [5.41, 5.74) is 0. The molecule has 0 amide bonds. The average Bonchev–Trinajstić information content (AvgIpc) is 3.06. The second-order valence-electron chi connectivity index (χ2n) is 3.89. The Balaban J connectivity index is 2.25. The van der Waals surface area contributed by atoms with E-state index in [1.165, 1.54) is 15.6 Å². The molecule has 0 aromatic carbocycles. The van der Waals surface area contributed by atoms with Gasteiger partial charge in [-0.05, 0) is 17.5 Å². The molecule has 0 aliphatic heterocycles. The van der Waals surface area contributed by atoms with Gasteiger partial charge in [0, 0.05) is 28.2 Å². The first-order valence-electron chi connectivity index (χ1n) is 5.73. The number of halogens is 1. The zero-order valence-electron chi connectivity index (χ0n) is 10.4. The van der Waals surface area contributed by atoms with Gasteiger partial charge < -0.3 is 0 Å². The highest BCUT2D eigenvalue weighted by Gasteiger charge is 2.24. The molecule has 104 valence electrons. The van der Waals surface area contributed by atoms with Gasteiger partial charge in [0.15, 0.2) is 0 Å². The third kappa shape index (κ3) is 3.38. The lowest BCUT2D eigenvalue weighted by molar-refractivity contribution is 0.426. The number of sulfonamides is 1. The normalized spacial score (nSPS) is 12.2. The van der Waals surface area contributed by atoms with Gasteiger partial charge in [0.1, 0.15) is 0 Å². The van der Waals surface area contributed by atoms with Crippen molar-refractivity contribution in [1.29, 1.82) is 0 Å². The minimum Gasteiger partial charge on any atom is -0.207 e. The van der Waals surface area contributed by atoms with Gasteiger partial charge in [-0.2, -0.15) is 4.31 Å². The molecule has 0 spiro atoms. The van der Waals surface area contributed by atoms with Crippen molar-refractivity contribution in [1.82, 2.24) is 4.31 Å². The van der Waals surface area contributed by atoms with E-state index in [9.17, 15) is 8.42 Å². The smallest absolute Gasteiger partial charge is 0.207 e. The lowest BCUT2D eigenvalue weighted by Crippen LogP contribution is -2.29. The first-order valence-corrected chi connectivity index (χ1v) is 9.47. The molecule has 2 heterocycles. The summed E-state index contributed by atoms with van der Waals surface area (Å²) < 4.78 is 26.5. The van der Waals surface area contributed by atoms with E-state index in [0.717, 1.165) is 9.75 Å². The van der Waals surface area contributed by atoms with Gasteiger partial charge in [-0.25, -0.2) is 8.42 Å². The van der Waals surface area contributed by atoms with Crippen LogP contribution in [0.15, 0.2) is 33.9 Å². The van der Waals surface area contributed by atoms with Gasteiger partial charge in [0.05, 0.1) is 10.8 Å². The predicted molar refractivity (Wildman–Crippen MR) is 81.5 cm³/mol. The van der Waals surface area contributed by atoms with E-state index in [1.54, 1.807) is 22.8 Å². The maximum Gasteiger partial charge on any atom is 0.244 e. The fourth-order valence-electron chi connectivity index (χ4n) is 1.66. The summed E-state index contributed by atoms with van der Waals surface area (Å²) in [5, 5.41) is 3.61. The van der Waals surface area contributed by atoms with Crippen molar-refractivity contribution in [3.05, 3.63) is 38.7 Å². The summed E-state index contributed by atoms with van der Waals surface area (Å²) in [4.78, 5) is 2.25. The van der Waals surface area contributed by atoms with E-state index in [1.807, 2.05) is 24.4 Å². The summed E-state index contributed by atoms with van der Waals surface area (Å²) in [6.45, 7) is 2.72. The van der Waals surface area contributed by atoms with Crippen molar-refractivity contribution in [3.8, 4) is 0 Å². The van der Waals surface area contributed by atoms with Gasteiger partial charge in [0.2, 0.25) is 10.0 Å². The van der Waals surface area contributed by atoms with Crippen LogP contribution in [0, 0.1) is 0 Å². The van der Waals surface area contributed by atoms with Gasteiger partial charge >= 0.3 is 0 Å². The average molecular weight is 336 g/mol. The Morgan fingerprint density at radius 1 is 1.32 bits per heavy atom. The van der Waals surface area contributed by atoms with E-state index < -0.39 is 10.0 Å². The molecule has 0 radical (unpaired) electrons. The Kier molecular flexibility index (Phi) is 5.03. The molecule has 0 aliphatic rings. The van der Waals surface area contributed by atoms with Crippen molar-refractivity contribution in [2.75, 3.05) is 6.54 Å². The van der Waals surface area contributed by atoms with Crippen LogP contribution in [0.25, 0.3) is 0 Å². The summed E-state index contributed by atoms with van der Waals surface area (Å²) in [7, 11) is -3.42. The largest absolute Gasteiger partial charge is 0.244 e. The van der Waals surface area contributed by atoms with Crippen LogP contribution in [0.2, 0.25) is 0 Å². The van der Waals surface area contributed by atoms with Gasteiger partial charge in [-0.3, -0.25) is 0 Å². The Morgan fingerprint density at radius 2 is 2.11 bits per heavy atom. The molecule has 0 aliphatic carbocycles. The van der Waals surface area contributed by atoms with Crippen LogP contribution >= 0.6 is 34.3 Å². The van der Waals surface area contributed by atoms with Crippen LogP contribution in [0.3, 0.4) is 0 Å². The summed E-state index contributed by atoms with van der Waals surface area (Å²) in [6.07, 6.45) is 0. The second-order valence-corrected chi connectivity index (χ2v) is 8.13. The van der Waals surface area contributed by atoms with Crippen LogP contribution < -0.4 is 0 Å². The van der Waals surface area contributed by atoms with Crippen LogP contribution in [-0.2, 0) is 22.4 Å². The Hall–Kier alpha value is -0.400. The van der Waals surface area contributed by atoms with Gasteiger partial charge in [-0.1, -0.05) is 13.0 Å². The molecular weight excluding hydrogens is 322 g/mol. The Morgan fingerprint density at radius 3 is 2.63 bits per heavy atom. The summed E-state index contributed by atoms with van der Waals surface area (Å²) in [6, 6.07) is 5.53. The topological polar surface area (TPSA) is 37.4 Å². The van der Waals surface area contributed by atoms with E-state index in [4.69, 9.17) is 11.6 Å². The summed E-state index contributed by atoms with van der Waals surface area (Å²) >= 11 is 8.66. The van der Waals surface area contributed by atoms with E-state index in [0.29, 0.717) is 23.9 Å². The second kappa shape index (κ2) is 6.37. The van der Waals surface area contributed by atoms with E-state index >= 15 is 0 Å². The molecular formula is C12H14ClNO2S3. The SMILES string of the molecule is CCN(Cc1cccs1)S(=O)(=O)c1csc(CCl)c1. The molecule has 0 atom stereocenters. The fourth-order valence-corrected chi connectivity index (χ4v) is 5.26. The standard InChI is InChI=1S/C12H14ClNO2S3/c1-2-14(8-10-4-3-5-17-10)19(15,16)12-6-11(7-13)18-9-12/h3-6,9H,2,7-8H2,1H3. The molecule has 0 fully saturated rings. The molecule has 0 bridgehead atoms. The molecule has 0 saturated carbocycles. The van der Waals surface area contributed by atoms with Crippen molar-refractivity contribution in [2.24, 2.45) is 0 Å². The molecule has 2 aromatic heterocycles. The van der Waals surface area contributed by atoms with Crippen molar-refractivity contribution in [2.45, 2.75) is 24.2 Å². The molecule has 3 nitrogen and oxygen atoms in total. The van der Waals surface area contributed by atoms with E-state index in [2.05, 4.69) is 0 Å². The lowest BCUT2D eigenvalue weighted by atomic mass is 10.4. The van der Waals surface area contributed by atoms with Gasteiger partial charge in [0.25, 0.3) is 0 Å². The first-order chi connectivity index (χ1) is 9.07. The molecule has 19 heavy (non-hydrogen) atoms. The minimum atomic E-state index is -3.42. The third-order valence-corrected chi connectivity index (χ3v) is 6.96. The van der Waals surface area contributed by atoms with Crippen LogP contribution in [0.1, 0.15) is 16.7 Å². The van der Waals surface area contributed by atoms with Crippen molar-refractivity contribution < 1.29 is 8.42 Å².